The zero-order valence-corrected chi connectivity index (χ0v) is 17.0. The molecule has 0 aliphatic carbocycles. The molecule has 1 aromatic heterocycles. The molecule has 0 amide bonds. The molecular weight excluding hydrogens is 390 g/mol. The largest absolute Gasteiger partial charge is 0.435 e. The summed E-state index contributed by atoms with van der Waals surface area (Å²) in [6.07, 6.45) is 5.47. The summed E-state index contributed by atoms with van der Waals surface area (Å²) in [6, 6.07) is 7.93. The van der Waals surface area contributed by atoms with Gasteiger partial charge in [-0.1, -0.05) is 12.1 Å². The minimum absolute atomic E-state index is 0.206. The van der Waals surface area contributed by atoms with Gasteiger partial charge in [-0.15, -0.1) is 0 Å². The van der Waals surface area contributed by atoms with Crippen LogP contribution in [0.5, 0.6) is 11.6 Å². The molecule has 2 aromatic rings. The van der Waals surface area contributed by atoms with Crippen molar-refractivity contribution < 1.29 is 14.2 Å². The molecule has 1 aromatic carbocycles. The molecular formula is C20H25N5O3S. The topological polar surface area (TPSA) is 80.8 Å². The number of hydrogen-bond acceptors (Lipinski definition) is 7. The predicted molar refractivity (Wildman–Crippen MR) is 115 cm³/mol. The second-order valence-electron chi connectivity index (χ2n) is 6.88. The first-order valence-corrected chi connectivity index (χ1v) is 10.3. The van der Waals surface area contributed by atoms with Crippen LogP contribution in [0.4, 0.5) is 11.4 Å². The maximum atomic E-state index is 6.16. The molecule has 2 aliphatic rings. The van der Waals surface area contributed by atoms with Crippen LogP contribution in [0.15, 0.2) is 36.8 Å². The fourth-order valence-electron chi connectivity index (χ4n) is 3.38. The van der Waals surface area contributed by atoms with Crippen molar-refractivity contribution in [2.24, 2.45) is 0 Å². The van der Waals surface area contributed by atoms with E-state index in [0.717, 1.165) is 44.0 Å². The summed E-state index contributed by atoms with van der Waals surface area (Å²) >= 11 is 5.41. The molecule has 1 unspecified atom stereocenters. The first-order valence-electron chi connectivity index (χ1n) is 9.85. The van der Waals surface area contributed by atoms with Gasteiger partial charge in [-0.25, -0.2) is 4.98 Å². The van der Waals surface area contributed by atoms with E-state index < -0.39 is 0 Å². The maximum absolute atomic E-state index is 6.16. The van der Waals surface area contributed by atoms with Crippen LogP contribution in [0.1, 0.15) is 12.8 Å². The van der Waals surface area contributed by atoms with Crippen molar-refractivity contribution in [1.29, 1.82) is 0 Å². The summed E-state index contributed by atoms with van der Waals surface area (Å²) in [5, 5.41) is 6.81. The highest BCUT2D eigenvalue weighted by Gasteiger charge is 2.18. The van der Waals surface area contributed by atoms with Gasteiger partial charge in [-0.05, 0) is 37.2 Å². The van der Waals surface area contributed by atoms with Crippen LogP contribution in [-0.4, -0.2) is 60.6 Å². The summed E-state index contributed by atoms with van der Waals surface area (Å²) in [5.74, 6) is 1.15. The van der Waals surface area contributed by atoms with Crippen molar-refractivity contribution in [2.75, 3.05) is 49.7 Å². The Hall–Kier alpha value is -2.49. The summed E-state index contributed by atoms with van der Waals surface area (Å²) in [7, 11) is 0. The number of aromatic nitrogens is 2. The number of benzene rings is 1. The smallest absolute Gasteiger partial charge is 0.246 e. The third-order valence-electron chi connectivity index (χ3n) is 4.86. The van der Waals surface area contributed by atoms with E-state index >= 15 is 0 Å². The SMILES string of the molecule is S=C(NCC1CCCO1)Nc1cncnc1Oc1ccccc1N1CCOCC1. The molecule has 1 atom stereocenters. The van der Waals surface area contributed by atoms with Gasteiger partial charge in [-0.2, -0.15) is 4.98 Å². The van der Waals surface area contributed by atoms with E-state index in [1.54, 1.807) is 6.20 Å². The number of rotatable bonds is 6. The van der Waals surface area contributed by atoms with Crippen LogP contribution >= 0.6 is 12.2 Å². The number of para-hydroxylation sites is 2. The van der Waals surface area contributed by atoms with E-state index in [1.807, 2.05) is 24.3 Å². The molecule has 29 heavy (non-hydrogen) atoms. The van der Waals surface area contributed by atoms with Crippen LogP contribution in [0, 0.1) is 0 Å². The van der Waals surface area contributed by atoms with Crippen molar-refractivity contribution in [3.63, 3.8) is 0 Å². The van der Waals surface area contributed by atoms with Crippen molar-refractivity contribution in [3.8, 4) is 11.6 Å². The van der Waals surface area contributed by atoms with Crippen LogP contribution in [-0.2, 0) is 9.47 Å². The van der Waals surface area contributed by atoms with Gasteiger partial charge in [0, 0.05) is 26.2 Å². The Kier molecular flexibility index (Phi) is 6.71. The molecule has 0 radical (unpaired) electrons. The Morgan fingerprint density at radius 3 is 2.93 bits per heavy atom. The zero-order valence-electron chi connectivity index (χ0n) is 16.2. The van der Waals surface area contributed by atoms with E-state index in [0.29, 0.717) is 36.4 Å². The molecule has 2 fully saturated rings. The predicted octanol–water partition coefficient (Wildman–Crippen LogP) is 2.57. The highest BCUT2D eigenvalue weighted by molar-refractivity contribution is 7.80. The zero-order chi connectivity index (χ0) is 19.9. The van der Waals surface area contributed by atoms with Gasteiger partial charge in [0.2, 0.25) is 5.88 Å². The molecule has 3 heterocycles. The minimum atomic E-state index is 0.206. The average Bonchev–Trinajstić information content (AvgIpc) is 3.28. The first kappa shape index (κ1) is 19.8. The van der Waals surface area contributed by atoms with Crippen molar-refractivity contribution in [3.05, 3.63) is 36.8 Å². The number of hydrogen-bond donors (Lipinski definition) is 2. The number of morpholine rings is 1. The molecule has 8 nitrogen and oxygen atoms in total. The van der Waals surface area contributed by atoms with Gasteiger partial charge in [0.15, 0.2) is 10.9 Å². The minimum Gasteiger partial charge on any atom is -0.435 e. The Labute approximate surface area is 175 Å². The van der Waals surface area contributed by atoms with Gasteiger partial charge >= 0.3 is 0 Å². The number of anilines is 2. The molecule has 4 rings (SSSR count). The number of thiocarbonyl (C=S) groups is 1. The standard InChI is InChI=1S/C20H25N5O3S/c29-20(22-12-15-4-3-9-27-15)24-16-13-21-14-23-19(16)28-18-6-2-1-5-17(18)25-7-10-26-11-8-25/h1-2,5-6,13-15H,3-4,7-12H2,(H2,22,24,29). The van der Waals surface area contributed by atoms with Gasteiger partial charge in [0.1, 0.15) is 12.0 Å². The Bertz CT molecular complexity index is 825. The molecule has 0 saturated carbocycles. The summed E-state index contributed by atoms with van der Waals surface area (Å²) in [4.78, 5) is 10.6. The lowest BCUT2D eigenvalue weighted by atomic mass is 10.2. The van der Waals surface area contributed by atoms with Gasteiger partial charge in [0.05, 0.1) is 31.2 Å². The van der Waals surface area contributed by atoms with E-state index in [9.17, 15) is 0 Å². The van der Waals surface area contributed by atoms with E-state index in [-0.39, 0.29) is 6.10 Å². The normalized spacial score (nSPS) is 19.0. The highest BCUT2D eigenvalue weighted by Crippen LogP contribution is 2.34. The third kappa shape index (κ3) is 5.31. The van der Waals surface area contributed by atoms with Crippen molar-refractivity contribution in [2.45, 2.75) is 18.9 Å². The van der Waals surface area contributed by atoms with Crippen molar-refractivity contribution in [1.82, 2.24) is 15.3 Å². The summed E-state index contributed by atoms with van der Waals surface area (Å²) in [5.41, 5.74) is 1.62. The molecule has 2 saturated heterocycles. The quantitative estimate of drug-likeness (QED) is 0.692. The molecule has 0 spiro atoms. The molecule has 9 heteroatoms. The first-order chi connectivity index (χ1) is 14.3. The maximum Gasteiger partial charge on any atom is 0.246 e. The average molecular weight is 416 g/mol. The van der Waals surface area contributed by atoms with E-state index in [1.165, 1.54) is 6.33 Å². The summed E-state index contributed by atoms with van der Waals surface area (Å²) < 4.78 is 17.2. The Morgan fingerprint density at radius 2 is 2.10 bits per heavy atom. The van der Waals surface area contributed by atoms with Crippen LogP contribution in [0.2, 0.25) is 0 Å². The van der Waals surface area contributed by atoms with Gasteiger partial charge in [0.25, 0.3) is 0 Å². The fraction of sp³-hybridized carbons (Fsp3) is 0.450. The number of ether oxygens (including phenoxy) is 3. The molecule has 2 N–H and O–H groups in total. The van der Waals surface area contributed by atoms with Crippen LogP contribution < -0.4 is 20.3 Å². The lowest BCUT2D eigenvalue weighted by Gasteiger charge is -2.30. The lowest BCUT2D eigenvalue weighted by Crippen LogP contribution is -2.36. The van der Waals surface area contributed by atoms with Crippen LogP contribution in [0.25, 0.3) is 0 Å². The van der Waals surface area contributed by atoms with Crippen LogP contribution in [0.3, 0.4) is 0 Å². The second-order valence-corrected chi connectivity index (χ2v) is 7.29. The third-order valence-corrected chi connectivity index (χ3v) is 5.11. The summed E-state index contributed by atoms with van der Waals surface area (Å²) in [6.45, 7) is 4.56. The van der Waals surface area contributed by atoms with Gasteiger partial charge < -0.3 is 29.7 Å². The lowest BCUT2D eigenvalue weighted by molar-refractivity contribution is 0.114. The fourth-order valence-corrected chi connectivity index (χ4v) is 3.57. The molecule has 154 valence electrons. The molecule has 0 bridgehead atoms. The van der Waals surface area contributed by atoms with E-state index in [4.69, 9.17) is 26.4 Å². The van der Waals surface area contributed by atoms with E-state index in [2.05, 4.69) is 25.5 Å². The van der Waals surface area contributed by atoms with Gasteiger partial charge in [-0.3, -0.25) is 0 Å². The monoisotopic (exact) mass is 415 g/mol. The second kappa shape index (κ2) is 9.82. The Morgan fingerprint density at radius 1 is 1.24 bits per heavy atom. The van der Waals surface area contributed by atoms with Crippen molar-refractivity contribution >= 4 is 28.7 Å². The highest BCUT2D eigenvalue weighted by atomic mass is 32.1. The number of nitrogens with zero attached hydrogens (tertiary/aromatic N) is 3. The number of nitrogens with one attached hydrogen (secondary N) is 2. The molecule has 2 aliphatic heterocycles. The Balaban J connectivity index is 1.44.